The lowest BCUT2D eigenvalue weighted by molar-refractivity contribution is -0.128. The number of rotatable bonds is 5. The van der Waals surface area contributed by atoms with E-state index in [2.05, 4.69) is 0 Å². The predicted octanol–water partition coefficient (Wildman–Crippen LogP) is 3.98. The Hall–Kier alpha value is -3.34. The Kier molecular flexibility index (Phi) is 4.98. The van der Waals surface area contributed by atoms with Gasteiger partial charge in [0.25, 0.3) is 0 Å². The van der Waals surface area contributed by atoms with Crippen molar-refractivity contribution >= 4 is 22.8 Å². The van der Waals surface area contributed by atoms with Crippen LogP contribution in [0, 0.1) is 0 Å². The average molecular weight is 375 g/mol. The molecule has 0 bridgehead atoms. The van der Waals surface area contributed by atoms with Crippen LogP contribution in [0.3, 0.4) is 0 Å². The molecule has 0 aliphatic carbocycles. The van der Waals surface area contributed by atoms with Gasteiger partial charge in [-0.25, -0.2) is 9.69 Å². The zero-order chi connectivity index (χ0) is 19.5. The third-order valence-electron chi connectivity index (χ3n) is 5.01. The molecule has 142 valence electrons. The standard InChI is InChI=1S/C23H21NO4/c1-27-21-10-9-18-11-17(7-8-19(18)14-21)13-22(25)24-20(15-28-23(24)26)12-16-5-3-2-4-6-16/h2-11,14,20H,12-13,15H2,1H3/t20-/m0/s1. The lowest BCUT2D eigenvalue weighted by Crippen LogP contribution is -2.41. The molecule has 0 aromatic heterocycles. The predicted molar refractivity (Wildman–Crippen MR) is 106 cm³/mol. The maximum atomic E-state index is 12.9. The van der Waals surface area contributed by atoms with Gasteiger partial charge in [0.05, 0.1) is 19.6 Å². The van der Waals surface area contributed by atoms with Gasteiger partial charge in [0.1, 0.15) is 12.4 Å². The molecule has 1 aliphatic heterocycles. The molecule has 3 aromatic rings. The maximum absolute atomic E-state index is 12.9. The smallest absolute Gasteiger partial charge is 0.416 e. The van der Waals surface area contributed by atoms with Gasteiger partial charge < -0.3 is 9.47 Å². The van der Waals surface area contributed by atoms with Gasteiger partial charge >= 0.3 is 6.09 Å². The summed E-state index contributed by atoms with van der Waals surface area (Å²) in [5, 5.41) is 2.06. The van der Waals surface area contributed by atoms with E-state index in [0.717, 1.165) is 27.6 Å². The van der Waals surface area contributed by atoms with Gasteiger partial charge in [-0.3, -0.25) is 4.79 Å². The molecule has 1 atom stereocenters. The van der Waals surface area contributed by atoms with Crippen molar-refractivity contribution in [3.63, 3.8) is 0 Å². The number of amides is 2. The van der Waals surface area contributed by atoms with Crippen molar-refractivity contribution in [2.45, 2.75) is 18.9 Å². The number of imide groups is 1. The Morgan fingerprint density at radius 2 is 1.79 bits per heavy atom. The van der Waals surface area contributed by atoms with E-state index in [9.17, 15) is 9.59 Å². The molecule has 1 aliphatic rings. The molecule has 0 N–H and O–H groups in total. The minimum Gasteiger partial charge on any atom is -0.497 e. The average Bonchev–Trinajstić information content (AvgIpc) is 3.08. The number of fused-ring (bicyclic) bond motifs is 1. The molecule has 0 unspecified atom stereocenters. The molecule has 0 radical (unpaired) electrons. The number of carbonyl (C=O) groups is 2. The van der Waals surface area contributed by atoms with Crippen LogP contribution in [0.15, 0.2) is 66.7 Å². The van der Waals surface area contributed by atoms with E-state index >= 15 is 0 Å². The van der Waals surface area contributed by atoms with E-state index < -0.39 is 6.09 Å². The van der Waals surface area contributed by atoms with Crippen molar-refractivity contribution < 1.29 is 19.1 Å². The van der Waals surface area contributed by atoms with E-state index in [1.807, 2.05) is 66.7 Å². The van der Waals surface area contributed by atoms with Gasteiger partial charge in [0, 0.05) is 0 Å². The van der Waals surface area contributed by atoms with Gasteiger partial charge in [-0.05, 0) is 40.5 Å². The van der Waals surface area contributed by atoms with Gasteiger partial charge in [-0.1, -0.05) is 54.6 Å². The SMILES string of the molecule is COc1ccc2cc(CC(=O)N3C(=O)OC[C@@H]3Cc3ccccc3)ccc2c1. The zero-order valence-corrected chi connectivity index (χ0v) is 15.6. The van der Waals surface area contributed by atoms with Crippen LogP contribution in [0.1, 0.15) is 11.1 Å². The Labute approximate surface area is 163 Å². The fourth-order valence-electron chi connectivity index (χ4n) is 3.57. The van der Waals surface area contributed by atoms with Crippen LogP contribution in [-0.4, -0.2) is 36.7 Å². The third-order valence-corrected chi connectivity index (χ3v) is 5.01. The number of carbonyl (C=O) groups excluding carboxylic acids is 2. The van der Waals surface area contributed by atoms with Crippen molar-refractivity contribution in [1.82, 2.24) is 4.90 Å². The van der Waals surface area contributed by atoms with Gasteiger partial charge in [-0.15, -0.1) is 0 Å². The highest BCUT2D eigenvalue weighted by Gasteiger charge is 2.37. The lowest BCUT2D eigenvalue weighted by atomic mass is 10.0. The molecular formula is C23H21NO4. The first kappa shape index (κ1) is 18.0. The van der Waals surface area contributed by atoms with E-state index in [1.54, 1.807) is 7.11 Å². The van der Waals surface area contributed by atoms with E-state index in [4.69, 9.17) is 9.47 Å². The van der Waals surface area contributed by atoms with Crippen LogP contribution in [0.4, 0.5) is 4.79 Å². The molecule has 0 spiro atoms. The Bertz CT molecular complexity index is 1020. The first-order valence-electron chi connectivity index (χ1n) is 9.23. The number of nitrogens with zero attached hydrogens (tertiary/aromatic N) is 1. The zero-order valence-electron chi connectivity index (χ0n) is 15.6. The lowest BCUT2D eigenvalue weighted by Gasteiger charge is -2.20. The summed E-state index contributed by atoms with van der Waals surface area (Å²) in [7, 11) is 1.63. The van der Waals surface area contributed by atoms with Gasteiger partial charge in [0.15, 0.2) is 0 Å². The van der Waals surface area contributed by atoms with Crippen molar-refractivity contribution in [1.29, 1.82) is 0 Å². The molecule has 2 amide bonds. The van der Waals surface area contributed by atoms with Crippen LogP contribution in [0.2, 0.25) is 0 Å². The maximum Gasteiger partial charge on any atom is 0.416 e. The summed E-state index contributed by atoms with van der Waals surface area (Å²) in [4.78, 5) is 26.3. The molecule has 4 rings (SSSR count). The summed E-state index contributed by atoms with van der Waals surface area (Å²) in [6, 6.07) is 21.2. The monoisotopic (exact) mass is 375 g/mol. The molecule has 1 heterocycles. The van der Waals surface area contributed by atoms with Crippen LogP contribution in [-0.2, 0) is 22.4 Å². The highest BCUT2D eigenvalue weighted by Crippen LogP contribution is 2.23. The Morgan fingerprint density at radius 3 is 2.57 bits per heavy atom. The second kappa shape index (κ2) is 7.72. The first-order chi connectivity index (χ1) is 13.6. The van der Waals surface area contributed by atoms with Crippen molar-refractivity contribution in [2.75, 3.05) is 13.7 Å². The van der Waals surface area contributed by atoms with Crippen LogP contribution in [0.25, 0.3) is 10.8 Å². The van der Waals surface area contributed by atoms with E-state index in [0.29, 0.717) is 6.42 Å². The molecule has 28 heavy (non-hydrogen) atoms. The van der Waals surface area contributed by atoms with E-state index in [-0.39, 0.29) is 25.0 Å². The fraction of sp³-hybridized carbons (Fsp3) is 0.217. The highest BCUT2D eigenvalue weighted by atomic mass is 16.6. The summed E-state index contributed by atoms with van der Waals surface area (Å²) in [5.74, 6) is 0.552. The van der Waals surface area contributed by atoms with Crippen molar-refractivity contribution in [2.24, 2.45) is 0 Å². The fourth-order valence-corrected chi connectivity index (χ4v) is 3.57. The number of benzene rings is 3. The molecule has 3 aromatic carbocycles. The molecule has 0 saturated carbocycles. The van der Waals surface area contributed by atoms with Gasteiger partial charge in [0.2, 0.25) is 5.91 Å². The number of methoxy groups -OCH3 is 1. The normalized spacial score (nSPS) is 16.2. The van der Waals surface area contributed by atoms with Gasteiger partial charge in [-0.2, -0.15) is 0 Å². The molecule has 5 heteroatoms. The summed E-state index contributed by atoms with van der Waals surface area (Å²) >= 11 is 0. The minimum absolute atomic E-state index is 0.155. The van der Waals surface area contributed by atoms with E-state index in [1.165, 1.54) is 4.90 Å². The largest absolute Gasteiger partial charge is 0.497 e. The Balaban J connectivity index is 1.51. The number of hydrogen-bond donors (Lipinski definition) is 0. The minimum atomic E-state index is -0.559. The third kappa shape index (κ3) is 3.69. The van der Waals surface area contributed by atoms with Crippen molar-refractivity contribution in [3.8, 4) is 5.75 Å². The number of cyclic esters (lactones) is 1. The Morgan fingerprint density at radius 1 is 1.04 bits per heavy atom. The summed E-state index contributed by atoms with van der Waals surface area (Å²) in [6.07, 6.45) is 0.189. The molecule has 1 fully saturated rings. The second-order valence-corrected chi connectivity index (χ2v) is 6.91. The molecular weight excluding hydrogens is 354 g/mol. The topological polar surface area (TPSA) is 55.8 Å². The first-order valence-corrected chi connectivity index (χ1v) is 9.23. The summed E-state index contributed by atoms with van der Waals surface area (Å²) in [5.41, 5.74) is 1.93. The quantitative estimate of drug-likeness (QED) is 0.677. The van der Waals surface area contributed by atoms with Crippen LogP contribution in [0.5, 0.6) is 5.75 Å². The second-order valence-electron chi connectivity index (χ2n) is 6.91. The molecule has 1 saturated heterocycles. The van der Waals surface area contributed by atoms with Crippen molar-refractivity contribution in [3.05, 3.63) is 77.9 Å². The molecule has 5 nitrogen and oxygen atoms in total. The number of ether oxygens (including phenoxy) is 2. The summed E-state index contributed by atoms with van der Waals surface area (Å²) < 4.78 is 10.4. The summed E-state index contributed by atoms with van der Waals surface area (Å²) in [6.45, 7) is 0.233. The van der Waals surface area contributed by atoms with Crippen LogP contribution >= 0.6 is 0 Å². The number of hydrogen-bond acceptors (Lipinski definition) is 4. The highest BCUT2D eigenvalue weighted by molar-refractivity contribution is 5.95. The van der Waals surface area contributed by atoms with Crippen LogP contribution < -0.4 is 4.74 Å².